The van der Waals surface area contributed by atoms with E-state index in [1.54, 1.807) is 48.5 Å². The average Bonchev–Trinajstić information content (AvgIpc) is 2.47. The Bertz CT molecular complexity index is 551. The number of hydrogen-bond acceptors (Lipinski definition) is 5. The van der Waals surface area contributed by atoms with Crippen LogP contribution in [0.15, 0.2) is 60.7 Å². The van der Waals surface area contributed by atoms with Crippen molar-refractivity contribution in [2.24, 2.45) is 0 Å². The van der Waals surface area contributed by atoms with Crippen molar-refractivity contribution < 1.29 is 24.1 Å². The molecule has 96 valence electrons. The Morgan fingerprint density at radius 1 is 0.737 bits per heavy atom. The van der Waals surface area contributed by atoms with E-state index >= 15 is 0 Å². The molecule has 2 aromatic carbocycles. The Balaban J connectivity index is 1.83. The van der Waals surface area contributed by atoms with Crippen LogP contribution in [0.2, 0.25) is 0 Å². The summed E-state index contributed by atoms with van der Waals surface area (Å²) in [6.07, 6.45) is -1.12. The van der Waals surface area contributed by atoms with Crippen LogP contribution in [0, 0.1) is 0 Å². The molecule has 0 radical (unpaired) electrons. The van der Waals surface area contributed by atoms with Crippen molar-refractivity contribution in [1.29, 1.82) is 0 Å². The van der Waals surface area contributed by atoms with Gasteiger partial charge in [-0.15, -0.1) is 0 Å². The number of benzene rings is 2. The van der Waals surface area contributed by atoms with Crippen LogP contribution in [0.3, 0.4) is 0 Å². The third-order valence-electron chi connectivity index (χ3n) is 2.14. The Morgan fingerprint density at radius 3 is 1.95 bits per heavy atom. The maximum Gasteiger partial charge on any atom is 0.555 e. The minimum Gasteiger partial charge on any atom is -0.393 e. The molecule has 0 amide bonds. The summed E-state index contributed by atoms with van der Waals surface area (Å²) in [4.78, 5) is 31.3. The molecule has 5 nitrogen and oxygen atoms in total. The molecule has 2 rings (SSSR count). The quantitative estimate of drug-likeness (QED) is 0.358. The van der Waals surface area contributed by atoms with Crippen molar-refractivity contribution >= 4 is 12.1 Å². The predicted octanol–water partition coefficient (Wildman–Crippen LogP) is 2.97. The van der Waals surface area contributed by atoms with E-state index in [0.29, 0.717) is 5.75 Å². The zero-order valence-corrected chi connectivity index (χ0v) is 9.81. The number of para-hydroxylation sites is 1. The second-order valence-electron chi connectivity index (χ2n) is 3.49. The van der Waals surface area contributed by atoms with Gasteiger partial charge in [0.05, 0.1) is 5.56 Å². The molecule has 0 saturated carbocycles. The summed E-state index contributed by atoms with van der Waals surface area (Å²) >= 11 is 0. The molecular weight excluding hydrogens is 248 g/mol. The van der Waals surface area contributed by atoms with Crippen molar-refractivity contribution in [3.8, 4) is 5.75 Å². The minimum absolute atomic E-state index is 0.273. The predicted molar refractivity (Wildman–Crippen MR) is 65.4 cm³/mol. The van der Waals surface area contributed by atoms with Crippen LogP contribution in [0.25, 0.3) is 0 Å². The van der Waals surface area contributed by atoms with Gasteiger partial charge in [-0.05, 0) is 24.3 Å². The molecule has 0 aliphatic rings. The molecule has 0 aliphatic carbocycles. The van der Waals surface area contributed by atoms with Crippen molar-refractivity contribution in [2.45, 2.75) is 0 Å². The van der Waals surface area contributed by atoms with E-state index in [4.69, 9.17) is 4.74 Å². The molecule has 0 bridgehead atoms. The highest BCUT2D eigenvalue weighted by Crippen LogP contribution is 2.09. The van der Waals surface area contributed by atoms with Crippen molar-refractivity contribution in [1.82, 2.24) is 0 Å². The van der Waals surface area contributed by atoms with E-state index in [2.05, 4.69) is 9.78 Å². The Hall–Kier alpha value is -2.82. The van der Waals surface area contributed by atoms with Gasteiger partial charge in [0, 0.05) is 0 Å². The first-order chi connectivity index (χ1) is 9.25. The van der Waals surface area contributed by atoms with E-state index in [-0.39, 0.29) is 5.56 Å². The third kappa shape index (κ3) is 3.85. The summed E-state index contributed by atoms with van der Waals surface area (Å²) in [5, 5.41) is 0. The van der Waals surface area contributed by atoms with Crippen LogP contribution in [0.4, 0.5) is 4.79 Å². The molecule has 0 atom stereocenters. The number of rotatable bonds is 2. The van der Waals surface area contributed by atoms with Crippen LogP contribution in [0.1, 0.15) is 10.4 Å². The average molecular weight is 258 g/mol. The molecule has 19 heavy (non-hydrogen) atoms. The summed E-state index contributed by atoms with van der Waals surface area (Å²) in [6, 6.07) is 16.5. The van der Waals surface area contributed by atoms with Gasteiger partial charge in [-0.3, -0.25) is 0 Å². The van der Waals surface area contributed by atoms with Crippen molar-refractivity contribution in [2.75, 3.05) is 0 Å². The fourth-order valence-electron chi connectivity index (χ4n) is 1.30. The van der Waals surface area contributed by atoms with Crippen LogP contribution >= 0.6 is 0 Å². The fourth-order valence-corrected chi connectivity index (χ4v) is 1.30. The van der Waals surface area contributed by atoms with Crippen LogP contribution in [0.5, 0.6) is 5.75 Å². The lowest BCUT2D eigenvalue weighted by molar-refractivity contribution is -0.195. The molecule has 0 aromatic heterocycles. The zero-order valence-electron chi connectivity index (χ0n) is 9.81. The van der Waals surface area contributed by atoms with Crippen LogP contribution < -0.4 is 4.74 Å². The third-order valence-corrected chi connectivity index (χ3v) is 2.14. The maximum atomic E-state index is 11.4. The monoisotopic (exact) mass is 258 g/mol. The van der Waals surface area contributed by atoms with E-state index in [1.165, 1.54) is 12.1 Å². The lowest BCUT2D eigenvalue weighted by Gasteiger charge is -2.03. The summed E-state index contributed by atoms with van der Waals surface area (Å²) in [7, 11) is 0. The number of carbonyl (C=O) groups excluding carboxylic acids is 2. The molecule has 0 aliphatic heterocycles. The highest BCUT2D eigenvalue weighted by atomic mass is 17.2. The first kappa shape index (κ1) is 12.6. The Morgan fingerprint density at radius 2 is 1.32 bits per heavy atom. The van der Waals surface area contributed by atoms with Gasteiger partial charge in [-0.2, -0.15) is 4.79 Å². The van der Waals surface area contributed by atoms with Crippen LogP contribution in [-0.4, -0.2) is 12.1 Å². The van der Waals surface area contributed by atoms with Crippen LogP contribution in [-0.2, 0) is 9.78 Å². The number of ether oxygens (including phenoxy) is 1. The van der Waals surface area contributed by atoms with E-state index < -0.39 is 12.1 Å². The lowest BCUT2D eigenvalue weighted by Crippen LogP contribution is -2.14. The molecule has 0 N–H and O–H groups in total. The van der Waals surface area contributed by atoms with Gasteiger partial charge < -0.3 is 4.74 Å². The van der Waals surface area contributed by atoms with Gasteiger partial charge in [0.25, 0.3) is 0 Å². The van der Waals surface area contributed by atoms with Gasteiger partial charge in [-0.25, -0.2) is 14.6 Å². The standard InChI is InChI=1S/C14H10O5/c15-13(11-7-3-1-4-8-11)18-19-14(16)17-12-9-5-2-6-10-12/h1-10H. The van der Waals surface area contributed by atoms with Crippen molar-refractivity contribution in [3.63, 3.8) is 0 Å². The van der Waals surface area contributed by atoms with E-state index in [0.717, 1.165) is 0 Å². The molecular formula is C14H10O5. The second kappa shape index (κ2) is 6.20. The number of carbonyl (C=O) groups is 2. The van der Waals surface area contributed by atoms with Gasteiger partial charge in [0.1, 0.15) is 5.75 Å². The first-order valence-corrected chi connectivity index (χ1v) is 5.46. The smallest absolute Gasteiger partial charge is 0.393 e. The summed E-state index contributed by atoms with van der Waals surface area (Å²) in [6.45, 7) is 0. The molecule has 0 spiro atoms. The Labute approximate surface area is 109 Å². The highest BCUT2D eigenvalue weighted by molar-refractivity contribution is 5.89. The van der Waals surface area contributed by atoms with Gasteiger partial charge in [0.2, 0.25) is 0 Å². The summed E-state index contributed by atoms with van der Waals surface area (Å²) in [5.74, 6) is -0.478. The maximum absolute atomic E-state index is 11.4. The number of hydrogen-bond donors (Lipinski definition) is 0. The zero-order chi connectivity index (χ0) is 13.5. The molecule has 0 fully saturated rings. The molecule has 5 heteroatoms. The van der Waals surface area contributed by atoms with Gasteiger partial charge in [-0.1, -0.05) is 36.4 Å². The normalized spacial score (nSPS) is 9.47. The van der Waals surface area contributed by atoms with E-state index in [1.807, 2.05) is 0 Å². The van der Waals surface area contributed by atoms with Crippen molar-refractivity contribution in [3.05, 3.63) is 66.2 Å². The SMILES string of the molecule is O=C(OOC(=O)c1ccccc1)Oc1ccccc1. The van der Waals surface area contributed by atoms with Gasteiger partial charge in [0.15, 0.2) is 0 Å². The Kier molecular flexibility index (Phi) is 4.12. The molecule has 0 saturated heterocycles. The minimum atomic E-state index is -1.12. The van der Waals surface area contributed by atoms with Gasteiger partial charge >= 0.3 is 12.1 Å². The van der Waals surface area contributed by atoms with E-state index in [9.17, 15) is 9.59 Å². The summed E-state index contributed by atoms with van der Waals surface area (Å²) in [5.41, 5.74) is 0.273. The molecule has 2 aromatic rings. The molecule has 0 unspecified atom stereocenters. The molecule has 0 heterocycles. The second-order valence-corrected chi connectivity index (χ2v) is 3.49. The highest BCUT2D eigenvalue weighted by Gasteiger charge is 2.13. The first-order valence-electron chi connectivity index (χ1n) is 5.46. The lowest BCUT2D eigenvalue weighted by atomic mass is 10.2. The topological polar surface area (TPSA) is 61.8 Å². The summed E-state index contributed by atoms with van der Waals surface area (Å²) < 4.78 is 4.76. The fraction of sp³-hybridized carbons (Fsp3) is 0. The largest absolute Gasteiger partial charge is 0.555 e.